The number of ether oxygens (including phenoxy) is 1. The van der Waals surface area contributed by atoms with E-state index in [1.54, 1.807) is 6.08 Å². The lowest BCUT2D eigenvalue weighted by Gasteiger charge is -2.59. The van der Waals surface area contributed by atoms with Crippen molar-refractivity contribution in [1.82, 2.24) is 0 Å². The summed E-state index contributed by atoms with van der Waals surface area (Å²) in [6.07, 6.45) is 10.5. The van der Waals surface area contributed by atoms with Crippen LogP contribution in [0.5, 0.6) is 0 Å². The SMILES string of the molecule is CC(=O)O[C@@H]1C(=O)C2=CC(=O)CC[C@]2(C)[C@H]2CC[C@]3(C)[C@@H]([C@H](C)CCCC(C)C)CC[C@H]3[C@H]12. The topological polar surface area (TPSA) is 60.4 Å². The molecule has 0 bridgehead atoms. The fraction of sp³-hybridized carbons (Fsp3) is 0.828. The van der Waals surface area contributed by atoms with Crippen molar-refractivity contribution in [3.63, 3.8) is 0 Å². The fourth-order valence-corrected chi connectivity index (χ4v) is 8.68. The van der Waals surface area contributed by atoms with Crippen molar-refractivity contribution < 1.29 is 19.1 Å². The molecule has 0 aliphatic heterocycles. The number of hydrogen-bond acceptors (Lipinski definition) is 4. The van der Waals surface area contributed by atoms with E-state index in [1.165, 1.54) is 39.0 Å². The summed E-state index contributed by atoms with van der Waals surface area (Å²) in [6.45, 7) is 13.1. The molecule has 0 saturated heterocycles. The van der Waals surface area contributed by atoms with E-state index in [-0.39, 0.29) is 34.3 Å². The van der Waals surface area contributed by atoms with Gasteiger partial charge in [0.05, 0.1) is 0 Å². The van der Waals surface area contributed by atoms with Gasteiger partial charge in [0.15, 0.2) is 17.7 Å². The Hall–Kier alpha value is -1.45. The highest BCUT2D eigenvalue weighted by Crippen LogP contribution is 2.67. The van der Waals surface area contributed by atoms with Gasteiger partial charge in [-0.1, -0.05) is 53.9 Å². The predicted molar refractivity (Wildman–Crippen MR) is 129 cm³/mol. The first-order valence-electron chi connectivity index (χ1n) is 13.5. The third-order valence-electron chi connectivity index (χ3n) is 10.3. The van der Waals surface area contributed by atoms with Crippen molar-refractivity contribution in [3.05, 3.63) is 11.6 Å². The summed E-state index contributed by atoms with van der Waals surface area (Å²) in [5, 5.41) is 0. The van der Waals surface area contributed by atoms with Crippen molar-refractivity contribution >= 4 is 17.5 Å². The van der Waals surface area contributed by atoms with Gasteiger partial charge in [-0.3, -0.25) is 14.4 Å². The Morgan fingerprint density at radius 1 is 1.06 bits per heavy atom. The monoisotopic (exact) mass is 456 g/mol. The van der Waals surface area contributed by atoms with E-state index >= 15 is 0 Å². The number of rotatable bonds is 6. The van der Waals surface area contributed by atoms with Gasteiger partial charge in [0.1, 0.15) is 0 Å². The molecule has 0 aromatic carbocycles. The van der Waals surface area contributed by atoms with E-state index in [1.807, 2.05) is 0 Å². The van der Waals surface area contributed by atoms with Crippen LogP contribution >= 0.6 is 0 Å². The Labute approximate surface area is 200 Å². The lowest BCUT2D eigenvalue weighted by atomic mass is 9.45. The largest absolute Gasteiger partial charge is 0.454 e. The smallest absolute Gasteiger partial charge is 0.303 e. The number of carbonyl (C=O) groups excluding carboxylic acids is 3. The molecule has 3 fully saturated rings. The molecule has 4 aliphatic rings. The molecule has 4 nitrogen and oxygen atoms in total. The summed E-state index contributed by atoms with van der Waals surface area (Å²) in [5.74, 6) is 2.42. The van der Waals surface area contributed by atoms with Crippen LogP contribution in [0.3, 0.4) is 0 Å². The molecule has 3 saturated carbocycles. The van der Waals surface area contributed by atoms with E-state index in [2.05, 4.69) is 34.6 Å². The lowest BCUT2D eigenvalue weighted by molar-refractivity contribution is -0.173. The molecule has 0 unspecified atom stereocenters. The van der Waals surface area contributed by atoms with Crippen LogP contribution in [-0.4, -0.2) is 23.6 Å². The predicted octanol–water partition coefficient (Wildman–Crippen LogP) is 6.32. The van der Waals surface area contributed by atoms with Crippen molar-refractivity contribution in [3.8, 4) is 0 Å². The van der Waals surface area contributed by atoms with Gasteiger partial charge in [0.2, 0.25) is 0 Å². The minimum atomic E-state index is -0.725. The first-order chi connectivity index (χ1) is 15.5. The zero-order valence-electron chi connectivity index (χ0n) is 21.6. The average molecular weight is 457 g/mol. The van der Waals surface area contributed by atoms with Crippen LogP contribution < -0.4 is 0 Å². The Bertz CT molecular complexity index is 841. The highest BCUT2D eigenvalue weighted by molar-refractivity contribution is 6.08. The number of fused-ring (bicyclic) bond motifs is 5. The van der Waals surface area contributed by atoms with Crippen LogP contribution in [0.25, 0.3) is 0 Å². The second kappa shape index (κ2) is 8.96. The molecule has 0 aromatic rings. The third kappa shape index (κ3) is 4.14. The Balaban J connectivity index is 1.65. The summed E-state index contributed by atoms with van der Waals surface area (Å²) in [5.41, 5.74) is 0.555. The number of ketones is 2. The highest BCUT2D eigenvalue weighted by atomic mass is 16.5. The molecule has 0 radical (unpaired) electrons. The highest BCUT2D eigenvalue weighted by Gasteiger charge is 2.64. The molecule has 8 atom stereocenters. The van der Waals surface area contributed by atoms with Gasteiger partial charge < -0.3 is 4.74 Å². The molecular weight excluding hydrogens is 412 g/mol. The Morgan fingerprint density at radius 2 is 1.79 bits per heavy atom. The van der Waals surface area contributed by atoms with Crippen molar-refractivity contribution in [2.75, 3.05) is 0 Å². The van der Waals surface area contributed by atoms with Gasteiger partial charge in [0, 0.05) is 24.8 Å². The molecule has 0 amide bonds. The quantitative estimate of drug-likeness (QED) is 0.439. The zero-order chi connectivity index (χ0) is 24.1. The van der Waals surface area contributed by atoms with E-state index in [9.17, 15) is 14.4 Å². The average Bonchev–Trinajstić information content (AvgIpc) is 3.09. The Kier molecular flexibility index (Phi) is 6.70. The van der Waals surface area contributed by atoms with Crippen molar-refractivity contribution in [1.29, 1.82) is 0 Å². The summed E-state index contributed by atoms with van der Waals surface area (Å²) in [7, 11) is 0. The number of carbonyl (C=O) groups is 3. The van der Waals surface area contributed by atoms with Crippen LogP contribution in [0.4, 0.5) is 0 Å². The maximum atomic E-state index is 13.7. The second-order valence-corrected chi connectivity index (χ2v) is 12.7. The second-order valence-electron chi connectivity index (χ2n) is 12.7. The zero-order valence-corrected chi connectivity index (χ0v) is 21.6. The molecule has 0 aromatic heterocycles. The van der Waals surface area contributed by atoms with E-state index in [4.69, 9.17) is 4.74 Å². The Morgan fingerprint density at radius 3 is 2.45 bits per heavy atom. The molecule has 4 heteroatoms. The maximum Gasteiger partial charge on any atom is 0.303 e. The molecule has 33 heavy (non-hydrogen) atoms. The standard InChI is InChI=1S/C29H44O4/c1-17(2)8-7-9-18(3)21-10-11-22-25-23(13-15-28(21,22)5)29(6)14-12-20(31)16-24(29)26(32)27(25)33-19(4)30/h16-18,21-23,25,27H,7-15H2,1-6H3/t18-,21-,22+,23+,25+,27+,28-,29-/m1/s1. The number of esters is 1. The molecule has 0 N–H and O–H groups in total. The normalized spacial score (nSPS) is 41.2. The molecule has 184 valence electrons. The molecular formula is C29H44O4. The molecule has 4 aliphatic carbocycles. The molecule has 0 spiro atoms. The van der Waals surface area contributed by atoms with E-state index in [0.717, 1.165) is 25.2 Å². The van der Waals surface area contributed by atoms with Gasteiger partial charge in [0.25, 0.3) is 0 Å². The van der Waals surface area contributed by atoms with Crippen LogP contribution in [0.15, 0.2) is 11.6 Å². The fourth-order valence-electron chi connectivity index (χ4n) is 8.68. The van der Waals surface area contributed by atoms with Gasteiger partial charge >= 0.3 is 5.97 Å². The minimum absolute atomic E-state index is 0.0349. The third-order valence-corrected chi connectivity index (χ3v) is 10.3. The van der Waals surface area contributed by atoms with Crippen LogP contribution in [0, 0.1) is 46.3 Å². The van der Waals surface area contributed by atoms with E-state index < -0.39 is 6.10 Å². The van der Waals surface area contributed by atoms with Crippen LogP contribution in [0.2, 0.25) is 0 Å². The van der Waals surface area contributed by atoms with E-state index in [0.29, 0.717) is 35.7 Å². The summed E-state index contributed by atoms with van der Waals surface area (Å²) < 4.78 is 5.80. The first-order valence-corrected chi connectivity index (χ1v) is 13.5. The summed E-state index contributed by atoms with van der Waals surface area (Å²) in [6, 6.07) is 0. The number of Topliss-reactive ketones (excluding diaryl/α,β-unsaturated/α-hetero) is 1. The molecule has 4 rings (SSSR count). The van der Waals surface area contributed by atoms with Crippen molar-refractivity contribution in [2.45, 2.75) is 105 Å². The van der Waals surface area contributed by atoms with Crippen molar-refractivity contribution in [2.24, 2.45) is 46.3 Å². The van der Waals surface area contributed by atoms with Gasteiger partial charge in [-0.2, -0.15) is 0 Å². The maximum absolute atomic E-state index is 13.7. The summed E-state index contributed by atoms with van der Waals surface area (Å²) in [4.78, 5) is 38.0. The van der Waals surface area contributed by atoms with Gasteiger partial charge in [-0.15, -0.1) is 0 Å². The van der Waals surface area contributed by atoms with Gasteiger partial charge in [-0.05, 0) is 78.6 Å². The van der Waals surface area contributed by atoms with Crippen LogP contribution in [-0.2, 0) is 19.1 Å². The lowest BCUT2D eigenvalue weighted by Crippen LogP contribution is -2.60. The minimum Gasteiger partial charge on any atom is -0.454 e. The van der Waals surface area contributed by atoms with Gasteiger partial charge in [-0.25, -0.2) is 0 Å². The molecule has 0 heterocycles. The summed E-state index contributed by atoms with van der Waals surface area (Å²) >= 11 is 0. The van der Waals surface area contributed by atoms with Crippen LogP contribution in [0.1, 0.15) is 99.3 Å². The first kappa shape index (κ1) is 24.7. The number of hydrogen-bond donors (Lipinski definition) is 0.